The van der Waals surface area contributed by atoms with Gasteiger partial charge in [-0.15, -0.1) is 23.7 Å². The number of pyridine rings is 1. The molecule has 1 fully saturated rings. The lowest BCUT2D eigenvalue weighted by molar-refractivity contribution is -0.0485. The molecule has 1 aliphatic carbocycles. The van der Waals surface area contributed by atoms with Crippen molar-refractivity contribution in [2.24, 2.45) is 0 Å². The summed E-state index contributed by atoms with van der Waals surface area (Å²) in [4.78, 5) is 28.9. The number of aromatic amines is 1. The fourth-order valence-corrected chi connectivity index (χ4v) is 5.64. The van der Waals surface area contributed by atoms with Gasteiger partial charge in [-0.05, 0) is 47.9 Å². The van der Waals surface area contributed by atoms with Gasteiger partial charge in [0.15, 0.2) is 5.75 Å². The monoisotopic (exact) mass is 482 g/mol. The van der Waals surface area contributed by atoms with Crippen LogP contribution in [0.1, 0.15) is 58.0 Å². The number of hydrogen-bond donors (Lipinski definition) is 3. The lowest BCUT2D eigenvalue weighted by Gasteiger charge is -2.19. The van der Waals surface area contributed by atoms with Crippen molar-refractivity contribution in [2.45, 2.75) is 44.8 Å². The van der Waals surface area contributed by atoms with Gasteiger partial charge in [0.2, 0.25) is 5.43 Å². The van der Waals surface area contributed by atoms with Crippen molar-refractivity contribution in [1.29, 1.82) is 0 Å². The largest absolute Gasteiger partial charge is 0.477 e. The maximum absolute atomic E-state index is 13.5. The zero-order chi connectivity index (χ0) is 21.9. The molecule has 1 unspecified atom stereocenters. The fourth-order valence-electron chi connectivity index (χ4n) is 4.33. The third-order valence-electron chi connectivity index (χ3n) is 5.97. The number of aromatic nitrogens is 1. The number of benzene rings is 1. The van der Waals surface area contributed by atoms with Crippen LogP contribution in [0.25, 0.3) is 21.3 Å². The van der Waals surface area contributed by atoms with Crippen molar-refractivity contribution in [2.75, 3.05) is 6.54 Å². The van der Waals surface area contributed by atoms with Crippen molar-refractivity contribution >= 4 is 40.6 Å². The van der Waals surface area contributed by atoms with Gasteiger partial charge in [-0.2, -0.15) is 8.78 Å². The van der Waals surface area contributed by atoms with E-state index < -0.39 is 23.6 Å². The molecule has 1 saturated carbocycles. The van der Waals surface area contributed by atoms with E-state index in [2.05, 4.69) is 17.2 Å². The molecule has 32 heavy (non-hydrogen) atoms. The Bertz CT molecular complexity index is 1270. The van der Waals surface area contributed by atoms with Crippen LogP contribution in [0.5, 0.6) is 5.75 Å². The molecule has 10 heteroatoms. The van der Waals surface area contributed by atoms with Crippen molar-refractivity contribution in [3.05, 3.63) is 50.1 Å². The number of thiophene rings is 1. The van der Waals surface area contributed by atoms with Crippen LogP contribution in [0.15, 0.2) is 23.1 Å². The van der Waals surface area contributed by atoms with Crippen LogP contribution in [-0.4, -0.2) is 29.2 Å². The minimum atomic E-state index is -3.09. The van der Waals surface area contributed by atoms with Gasteiger partial charge in [0.05, 0.1) is 10.9 Å². The number of rotatable bonds is 5. The minimum Gasteiger partial charge on any atom is -0.477 e. The lowest BCUT2D eigenvalue weighted by Crippen LogP contribution is -2.24. The predicted molar refractivity (Wildman–Crippen MR) is 121 cm³/mol. The summed E-state index contributed by atoms with van der Waals surface area (Å²) < 4.78 is 31.9. The van der Waals surface area contributed by atoms with Gasteiger partial charge in [0.25, 0.3) is 0 Å². The fraction of sp³-hybridized carbons (Fsp3) is 0.364. The zero-order valence-corrected chi connectivity index (χ0v) is 18.7. The lowest BCUT2D eigenvalue weighted by atomic mass is 9.94. The molecule has 0 saturated heterocycles. The smallest absolute Gasteiger partial charge is 0.387 e. The van der Waals surface area contributed by atoms with Gasteiger partial charge in [-0.25, -0.2) is 4.79 Å². The van der Waals surface area contributed by atoms with Crippen molar-refractivity contribution in [3.8, 4) is 16.2 Å². The topological polar surface area (TPSA) is 91.4 Å². The first kappa shape index (κ1) is 22.7. The third-order valence-corrected chi connectivity index (χ3v) is 7.14. The molecule has 2 aromatic heterocycles. The van der Waals surface area contributed by atoms with Crippen LogP contribution in [-0.2, 0) is 6.54 Å². The SMILES string of the molecule is CC1CNCc2sc(-c3c(C4CC4)cc4c(=O)c(C(=O)O)c[nH]c4c3OC(F)F)cc21.Cl. The number of hydrogen-bond acceptors (Lipinski definition) is 5. The molecule has 0 radical (unpaired) electrons. The van der Waals surface area contributed by atoms with E-state index in [0.29, 0.717) is 11.5 Å². The number of halogens is 3. The van der Waals surface area contributed by atoms with Crippen LogP contribution in [0.4, 0.5) is 8.78 Å². The number of H-pyrrole nitrogens is 1. The number of carboxylic acids is 1. The second-order valence-electron chi connectivity index (χ2n) is 8.10. The average Bonchev–Trinajstić information content (AvgIpc) is 3.46. The zero-order valence-electron chi connectivity index (χ0n) is 17.0. The molecule has 1 atom stereocenters. The summed E-state index contributed by atoms with van der Waals surface area (Å²) in [6.07, 6.45) is 2.80. The van der Waals surface area contributed by atoms with Gasteiger partial charge in [0, 0.05) is 34.6 Å². The van der Waals surface area contributed by atoms with Crippen molar-refractivity contribution in [1.82, 2.24) is 10.3 Å². The van der Waals surface area contributed by atoms with E-state index in [1.165, 1.54) is 5.56 Å². The maximum atomic E-state index is 13.5. The Labute approximate surface area is 192 Å². The molecular weight excluding hydrogens is 462 g/mol. The first-order chi connectivity index (χ1) is 14.8. The molecule has 5 rings (SSSR count). The molecule has 3 N–H and O–H groups in total. The molecule has 170 valence electrons. The van der Waals surface area contributed by atoms with Crippen molar-refractivity contribution in [3.63, 3.8) is 0 Å². The summed E-state index contributed by atoms with van der Waals surface area (Å²) in [6.45, 7) is 0.600. The molecule has 6 nitrogen and oxygen atoms in total. The number of carboxylic acid groups (broad SMARTS) is 1. The van der Waals surface area contributed by atoms with Gasteiger partial charge in [-0.1, -0.05) is 6.92 Å². The number of carbonyl (C=O) groups is 1. The summed E-state index contributed by atoms with van der Waals surface area (Å²) in [5.74, 6) is -1.04. The Morgan fingerprint density at radius 2 is 2.03 bits per heavy atom. The Kier molecular flexibility index (Phi) is 6.00. The molecular formula is C22H21ClF2N2O4S. The number of fused-ring (bicyclic) bond motifs is 2. The van der Waals surface area contributed by atoms with E-state index in [4.69, 9.17) is 4.74 Å². The molecule has 0 bridgehead atoms. The Balaban J connectivity index is 0.00000245. The summed E-state index contributed by atoms with van der Waals surface area (Å²) in [6, 6.07) is 3.70. The van der Waals surface area contributed by atoms with Crippen LogP contribution < -0.4 is 15.5 Å². The number of aromatic carboxylic acids is 1. The molecule has 1 aliphatic heterocycles. The van der Waals surface area contributed by atoms with Crippen molar-refractivity contribution < 1.29 is 23.4 Å². The van der Waals surface area contributed by atoms with Crippen LogP contribution in [0.2, 0.25) is 0 Å². The highest BCUT2D eigenvalue weighted by molar-refractivity contribution is 7.15. The molecule has 3 aromatic rings. The Hall–Kier alpha value is -2.49. The van der Waals surface area contributed by atoms with Gasteiger partial charge in [-0.3, -0.25) is 4.79 Å². The highest BCUT2D eigenvalue weighted by Crippen LogP contribution is 2.52. The van der Waals surface area contributed by atoms with E-state index >= 15 is 0 Å². The average molecular weight is 483 g/mol. The standard InChI is InChI=1S/C22H20F2N2O4S.ClH/c1-9-6-25-8-16-11(9)5-15(31-16)17-12(10-2-3-10)4-13-18(20(17)30-22(23)24)26-7-14(19(13)27)21(28)29;/h4-5,7,9-10,22,25H,2-3,6,8H2,1H3,(H,26,27)(H,28,29);1H. The number of alkyl halides is 2. The van der Waals surface area contributed by atoms with Gasteiger partial charge < -0.3 is 20.1 Å². The molecule has 1 aromatic carbocycles. The van der Waals surface area contributed by atoms with E-state index in [1.807, 2.05) is 6.07 Å². The third kappa shape index (κ3) is 3.78. The molecule has 2 aliphatic rings. The summed E-state index contributed by atoms with van der Waals surface area (Å²) >= 11 is 1.54. The van der Waals surface area contributed by atoms with E-state index in [0.717, 1.165) is 47.4 Å². The second-order valence-corrected chi connectivity index (χ2v) is 9.24. The Morgan fingerprint density at radius 3 is 2.66 bits per heavy atom. The highest BCUT2D eigenvalue weighted by atomic mass is 35.5. The second kappa shape index (κ2) is 8.46. The highest BCUT2D eigenvalue weighted by Gasteiger charge is 2.33. The molecule has 3 heterocycles. The molecule has 0 amide bonds. The number of nitrogens with one attached hydrogen (secondary N) is 2. The Morgan fingerprint density at radius 1 is 1.28 bits per heavy atom. The quantitative estimate of drug-likeness (QED) is 0.472. The van der Waals surface area contributed by atoms with E-state index in [-0.39, 0.29) is 35.0 Å². The molecule has 0 spiro atoms. The van der Waals surface area contributed by atoms with E-state index in [1.54, 1.807) is 17.4 Å². The first-order valence-electron chi connectivity index (χ1n) is 10.1. The normalized spacial score (nSPS) is 17.8. The van der Waals surface area contributed by atoms with Crippen LogP contribution in [0.3, 0.4) is 0 Å². The van der Waals surface area contributed by atoms with E-state index in [9.17, 15) is 23.5 Å². The van der Waals surface area contributed by atoms with Gasteiger partial charge >= 0.3 is 12.6 Å². The van der Waals surface area contributed by atoms with Crippen LogP contribution >= 0.6 is 23.7 Å². The summed E-state index contributed by atoms with van der Waals surface area (Å²) in [7, 11) is 0. The minimum absolute atomic E-state index is 0. The van der Waals surface area contributed by atoms with Crippen LogP contribution in [0, 0.1) is 0 Å². The van der Waals surface area contributed by atoms with Gasteiger partial charge in [0.1, 0.15) is 5.56 Å². The summed E-state index contributed by atoms with van der Waals surface area (Å²) in [5, 5.41) is 12.7. The number of ether oxygens (including phenoxy) is 1. The summed E-state index contributed by atoms with van der Waals surface area (Å²) in [5.41, 5.74) is 1.47. The first-order valence-corrected chi connectivity index (χ1v) is 10.9. The maximum Gasteiger partial charge on any atom is 0.387 e. The predicted octanol–water partition coefficient (Wildman–Crippen LogP) is 5.06.